The molecular weight excluding hydrogens is 348 g/mol. The van der Waals surface area contributed by atoms with Crippen molar-refractivity contribution in [3.05, 3.63) is 47.5 Å². The quantitative estimate of drug-likeness (QED) is 0.479. The fourth-order valence-corrected chi connectivity index (χ4v) is 3.24. The number of rotatable bonds is 12. The van der Waals surface area contributed by atoms with Gasteiger partial charge in [0.05, 0.1) is 0 Å². The highest BCUT2D eigenvalue weighted by Crippen LogP contribution is 2.18. The van der Waals surface area contributed by atoms with E-state index in [-0.39, 0.29) is 11.8 Å². The van der Waals surface area contributed by atoms with E-state index in [1.54, 1.807) is 0 Å². The Morgan fingerprint density at radius 2 is 1.07 bits per heavy atom. The van der Waals surface area contributed by atoms with Gasteiger partial charge in [0.25, 0.3) is 11.8 Å². The van der Waals surface area contributed by atoms with Crippen molar-refractivity contribution in [2.45, 2.75) is 65.2 Å². The zero-order valence-corrected chi connectivity index (χ0v) is 17.4. The van der Waals surface area contributed by atoms with Gasteiger partial charge in [0, 0.05) is 24.2 Å². The lowest BCUT2D eigenvalue weighted by Crippen LogP contribution is -2.24. The number of carbonyl (C=O) groups excluding carboxylic acids is 2. The van der Waals surface area contributed by atoms with Crippen LogP contribution in [-0.2, 0) is 0 Å². The molecule has 28 heavy (non-hydrogen) atoms. The normalized spacial score (nSPS) is 10.8. The van der Waals surface area contributed by atoms with Crippen LogP contribution in [0.5, 0.6) is 0 Å². The molecule has 2 aromatic carbocycles. The minimum Gasteiger partial charge on any atom is -0.352 e. The number of hydrogen-bond acceptors (Lipinski definition) is 2. The van der Waals surface area contributed by atoms with Crippen LogP contribution in [0, 0.1) is 0 Å². The molecule has 2 amide bonds. The molecule has 0 aliphatic rings. The van der Waals surface area contributed by atoms with Gasteiger partial charge in [-0.05, 0) is 47.9 Å². The molecule has 152 valence electrons. The Morgan fingerprint density at radius 3 is 1.46 bits per heavy atom. The molecule has 0 radical (unpaired) electrons. The molecule has 0 heterocycles. The van der Waals surface area contributed by atoms with Crippen LogP contribution in [-0.4, -0.2) is 24.9 Å². The first-order chi connectivity index (χ1) is 13.7. The van der Waals surface area contributed by atoms with E-state index >= 15 is 0 Å². The Hall–Kier alpha value is -2.36. The van der Waals surface area contributed by atoms with Crippen LogP contribution in [0.2, 0.25) is 0 Å². The smallest absolute Gasteiger partial charge is 0.251 e. The minimum absolute atomic E-state index is 0.0349. The lowest BCUT2D eigenvalue weighted by atomic mass is 10.0. The average Bonchev–Trinajstić information content (AvgIpc) is 2.72. The van der Waals surface area contributed by atoms with E-state index in [1.165, 1.54) is 25.7 Å². The van der Waals surface area contributed by atoms with Gasteiger partial charge < -0.3 is 10.6 Å². The summed E-state index contributed by atoms with van der Waals surface area (Å²) in [5, 5.41) is 7.91. The molecule has 0 fully saturated rings. The summed E-state index contributed by atoms with van der Waals surface area (Å²) in [6, 6.07) is 11.3. The lowest BCUT2D eigenvalue weighted by molar-refractivity contribution is 0.0944. The molecular formula is C24H34N2O2. The first-order valence-electron chi connectivity index (χ1n) is 10.8. The summed E-state index contributed by atoms with van der Waals surface area (Å²) in [6.45, 7) is 5.79. The van der Waals surface area contributed by atoms with Gasteiger partial charge in [-0.1, -0.05) is 64.5 Å². The summed E-state index contributed by atoms with van der Waals surface area (Å²) >= 11 is 0. The number of unbranched alkanes of at least 4 members (excludes halogenated alkanes) is 6. The molecule has 0 atom stereocenters. The molecule has 4 nitrogen and oxygen atoms in total. The largest absolute Gasteiger partial charge is 0.352 e. The monoisotopic (exact) mass is 382 g/mol. The molecule has 0 unspecified atom stereocenters. The second kappa shape index (κ2) is 12.2. The molecule has 0 bridgehead atoms. The summed E-state index contributed by atoms with van der Waals surface area (Å²) in [5.41, 5.74) is 1.33. The fraction of sp³-hybridized carbons (Fsp3) is 0.500. The van der Waals surface area contributed by atoms with Crippen LogP contribution in [0.15, 0.2) is 36.4 Å². The average molecular weight is 383 g/mol. The number of amides is 2. The number of nitrogens with one attached hydrogen (secondary N) is 2. The molecule has 4 heteroatoms. The Balaban J connectivity index is 1.92. The van der Waals surface area contributed by atoms with Crippen LogP contribution >= 0.6 is 0 Å². The highest BCUT2D eigenvalue weighted by molar-refractivity contribution is 6.01. The molecule has 0 spiro atoms. The molecule has 0 aliphatic carbocycles. The van der Waals surface area contributed by atoms with Crippen LogP contribution in [0.1, 0.15) is 85.9 Å². The van der Waals surface area contributed by atoms with Gasteiger partial charge in [0.15, 0.2) is 0 Å². The third kappa shape index (κ3) is 6.99. The molecule has 2 rings (SSSR count). The third-order valence-corrected chi connectivity index (χ3v) is 5.00. The van der Waals surface area contributed by atoms with Crippen LogP contribution in [0.4, 0.5) is 0 Å². The second-order valence-electron chi connectivity index (χ2n) is 7.41. The summed E-state index contributed by atoms with van der Waals surface area (Å²) in [5.74, 6) is -0.0698. The highest BCUT2D eigenvalue weighted by atomic mass is 16.2. The van der Waals surface area contributed by atoms with Gasteiger partial charge in [-0.25, -0.2) is 0 Å². The van der Waals surface area contributed by atoms with Crippen molar-refractivity contribution in [3.63, 3.8) is 0 Å². The predicted molar refractivity (Wildman–Crippen MR) is 117 cm³/mol. The van der Waals surface area contributed by atoms with Gasteiger partial charge in [-0.15, -0.1) is 0 Å². The predicted octanol–water partition coefficient (Wildman–Crippen LogP) is 5.46. The zero-order valence-electron chi connectivity index (χ0n) is 17.4. The maximum Gasteiger partial charge on any atom is 0.251 e. The molecule has 0 saturated carbocycles. The van der Waals surface area contributed by atoms with Crippen molar-refractivity contribution in [3.8, 4) is 0 Å². The van der Waals surface area contributed by atoms with E-state index in [9.17, 15) is 9.59 Å². The summed E-state index contributed by atoms with van der Waals surface area (Å²) in [7, 11) is 0. The first-order valence-corrected chi connectivity index (χ1v) is 10.8. The van der Waals surface area contributed by atoms with E-state index in [1.807, 2.05) is 36.4 Å². The van der Waals surface area contributed by atoms with Gasteiger partial charge in [-0.3, -0.25) is 9.59 Å². The number of benzene rings is 2. The number of carbonyl (C=O) groups is 2. The third-order valence-electron chi connectivity index (χ3n) is 5.00. The molecule has 0 saturated heterocycles. The van der Waals surface area contributed by atoms with Crippen LogP contribution < -0.4 is 10.6 Å². The van der Waals surface area contributed by atoms with Gasteiger partial charge in [0.2, 0.25) is 0 Å². The van der Waals surface area contributed by atoms with Crippen molar-refractivity contribution >= 4 is 22.6 Å². The Morgan fingerprint density at radius 1 is 0.643 bits per heavy atom. The van der Waals surface area contributed by atoms with E-state index < -0.39 is 0 Å². The van der Waals surface area contributed by atoms with Gasteiger partial charge in [0.1, 0.15) is 0 Å². The standard InChI is InChI=1S/C24H34N2O2/c1-3-5-7-9-15-25-23(27)21-13-11-20-18-22(14-12-19(20)17-21)24(28)26-16-10-8-6-4-2/h11-14,17-18H,3-10,15-16H2,1-2H3,(H,25,27)(H,26,28). The van der Waals surface area contributed by atoms with Crippen molar-refractivity contribution in [1.82, 2.24) is 10.6 Å². The molecule has 0 aliphatic heterocycles. The Bertz CT molecular complexity index is 705. The molecule has 2 N–H and O–H groups in total. The van der Waals surface area contributed by atoms with Crippen molar-refractivity contribution < 1.29 is 9.59 Å². The Kier molecular flexibility index (Phi) is 9.53. The van der Waals surface area contributed by atoms with Crippen molar-refractivity contribution in [1.29, 1.82) is 0 Å². The van der Waals surface area contributed by atoms with E-state index in [2.05, 4.69) is 24.5 Å². The van der Waals surface area contributed by atoms with Crippen LogP contribution in [0.3, 0.4) is 0 Å². The van der Waals surface area contributed by atoms with Gasteiger partial charge in [-0.2, -0.15) is 0 Å². The molecule has 0 aromatic heterocycles. The second-order valence-corrected chi connectivity index (χ2v) is 7.41. The van der Waals surface area contributed by atoms with Crippen LogP contribution in [0.25, 0.3) is 10.8 Å². The SMILES string of the molecule is CCCCCCNC(=O)c1ccc2cc(C(=O)NCCCCCC)ccc2c1. The minimum atomic E-state index is -0.0349. The highest BCUT2D eigenvalue weighted by Gasteiger charge is 2.09. The fourth-order valence-electron chi connectivity index (χ4n) is 3.24. The first kappa shape index (κ1) is 21.9. The van der Waals surface area contributed by atoms with E-state index in [0.29, 0.717) is 24.2 Å². The zero-order chi connectivity index (χ0) is 20.2. The van der Waals surface area contributed by atoms with Crippen molar-refractivity contribution in [2.75, 3.05) is 13.1 Å². The summed E-state index contributed by atoms with van der Waals surface area (Å²) in [4.78, 5) is 24.6. The summed E-state index contributed by atoms with van der Waals surface area (Å²) < 4.78 is 0. The summed E-state index contributed by atoms with van der Waals surface area (Å²) in [6.07, 6.45) is 9.14. The lowest BCUT2D eigenvalue weighted by Gasteiger charge is -2.08. The number of hydrogen-bond donors (Lipinski definition) is 2. The van der Waals surface area contributed by atoms with E-state index in [0.717, 1.165) is 36.5 Å². The van der Waals surface area contributed by atoms with E-state index in [4.69, 9.17) is 0 Å². The topological polar surface area (TPSA) is 58.2 Å². The maximum absolute atomic E-state index is 12.3. The van der Waals surface area contributed by atoms with Gasteiger partial charge >= 0.3 is 0 Å². The molecule has 2 aromatic rings. The number of fused-ring (bicyclic) bond motifs is 1. The maximum atomic E-state index is 12.3. The van der Waals surface area contributed by atoms with Crippen molar-refractivity contribution in [2.24, 2.45) is 0 Å². The Labute approximate surface area is 169 Å².